The molecule has 0 spiro atoms. The minimum absolute atomic E-state index is 0.152. The summed E-state index contributed by atoms with van der Waals surface area (Å²) in [6.07, 6.45) is 0.886. The molecule has 0 aliphatic carbocycles. The molecule has 1 heterocycles. The van der Waals surface area contributed by atoms with E-state index in [0.29, 0.717) is 31.5 Å². The highest BCUT2D eigenvalue weighted by atomic mass is 32.2. The first-order valence-electron chi connectivity index (χ1n) is 9.74. The van der Waals surface area contributed by atoms with Crippen LogP contribution in [0.4, 0.5) is 0 Å². The topological polar surface area (TPSA) is 92.8 Å². The van der Waals surface area contributed by atoms with Crippen molar-refractivity contribution in [2.45, 2.75) is 51.5 Å². The number of carbonyl (C=O) groups excluding carboxylic acids is 2. The van der Waals surface area contributed by atoms with E-state index in [2.05, 4.69) is 19.2 Å². The Balaban J connectivity index is 2.06. The molecule has 28 heavy (non-hydrogen) atoms. The van der Waals surface area contributed by atoms with Gasteiger partial charge in [0, 0.05) is 19.6 Å². The van der Waals surface area contributed by atoms with Gasteiger partial charge in [0.15, 0.2) is 6.10 Å². The molecule has 1 aromatic carbocycles. The molecule has 0 aromatic heterocycles. The summed E-state index contributed by atoms with van der Waals surface area (Å²) in [6.45, 7) is 9.05. The van der Waals surface area contributed by atoms with Crippen molar-refractivity contribution in [3.63, 3.8) is 0 Å². The fourth-order valence-corrected chi connectivity index (χ4v) is 5.07. The molecule has 1 amide bonds. The van der Waals surface area contributed by atoms with E-state index in [1.165, 1.54) is 35.5 Å². The SMILES string of the molecule is CCCNC(=O)C(C)OC(=O)c1ccc(S(=O)(=O)N2CC(C)CC(C)C2)cc1. The molecule has 1 aliphatic heterocycles. The molecule has 1 aliphatic rings. The molecular formula is C20H30N2O5S. The quantitative estimate of drug-likeness (QED) is 0.697. The summed E-state index contributed by atoms with van der Waals surface area (Å²) in [5.41, 5.74) is 0.203. The number of nitrogens with one attached hydrogen (secondary N) is 1. The summed E-state index contributed by atoms with van der Waals surface area (Å²) in [5.74, 6) is -0.396. The van der Waals surface area contributed by atoms with Gasteiger partial charge in [0.05, 0.1) is 10.5 Å². The van der Waals surface area contributed by atoms with E-state index in [9.17, 15) is 18.0 Å². The number of carbonyl (C=O) groups is 2. The van der Waals surface area contributed by atoms with Crippen molar-refractivity contribution in [3.05, 3.63) is 29.8 Å². The molecule has 7 nitrogen and oxygen atoms in total. The molecule has 156 valence electrons. The fourth-order valence-electron chi connectivity index (χ4n) is 3.39. The molecule has 3 unspecified atom stereocenters. The maximum atomic E-state index is 12.9. The van der Waals surface area contributed by atoms with Gasteiger partial charge in [-0.2, -0.15) is 4.31 Å². The summed E-state index contributed by atoms with van der Waals surface area (Å²) < 4.78 is 32.4. The van der Waals surface area contributed by atoms with Crippen molar-refractivity contribution in [1.29, 1.82) is 0 Å². The van der Waals surface area contributed by atoms with Crippen LogP contribution in [0.15, 0.2) is 29.2 Å². The zero-order valence-corrected chi connectivity index (χ0v) is 17.8. The highest BCUT2D eigenvalue weighted by molar-refractivity contribution is 7.89. The van der Waals surface area contributed by atoms with Crippen molar-refractivity contribution >= 4 is 21.9 Å². The Bertz CT molecular complexity index is 781. The number of benzene rings is 1. The first-order chi connectivity index (χ1) is 13.1. The molecule has 1 saturated heterocycles. The third kappa shape index (κ3) is 5.54. The number of rotatable bonds is 7. The van der Waals surface area contributed by atoms with Gasteiger partial charge in [0.25, 0.3) is 5.91 Å². The van der Waals surface area contributed by atoms with Crippen molar-refractivity contribution in [3.8, 4) is 0 Å². The van der Waals surface area contributed by atoms with Gasteiger partial charge < -0.3 is 10.1 Å². The zero-order chi connectivity index (χ0) is 20.9. The molecule has 1 N–H and O–H groups in total. The Morgan fingerprint density at radius 3 is 2.29 bits per heavy atom. The summed E-state index contributed by atoms with van der Waals surface area (Å²) in [5, 5.41) is 2.66. The lowest BCUT2D eigenvalue weighted by Crippen LogP contribution is -2.42. The summed E-state index contributed by atoms with van der Waals surface area (Å²) in [4.78, 5) is 24.2. The molecular weight excluding hydrogens is 380 g/mol. The van der Waals surface area contributed by atoms with Gasteiger partial charge in [0.1, 0.15) is 0 Å². The van der Waals surface area contributed by atoms with E-state index in [1.54, 1.807) is 0 Å². The molecule has 1 aromatic rings. The maximum absolute atomic E-state index is 12.9. The van der Waals surface area contributed by atoms with E-state index in [0.717, 1.165) is 12.8 Å². The molecule has 3 atom stereocenters. The minimum atomic E-state index is -3.60. The average Bonchev–Trinajstić information content (AvgIpc) is 2.65. The van der Waals surface area contributed by atoms with Gasteiger partial charge in [-0.25, -0.2) is 13.2 Å². The third-order valence-corrected chi connectivity index (χ3v) is 6.61. The number of ether oxygens (including phenoxy) is 1. The van der Waals surface area contributed by atoms with E-state index in [4.69, 9.17) is 4.74 Å². The van der Waals surface area contributed by atoms with Crippen LogP contribution in [0.1, 0.15) is 50.9 Å². The van der Waals surface area contributed by atoms with Gasteiger partial charge in [0.2, 0.25) is 10.0 Å². The number of hydrogen-bond acceptors (Lipinski definition) is 5. The lowest BCUT2D eigenvalue weighted by atomic mass is 9.94. The van der Waals surface area contributed by atoms with Crippen LogP contribution in [0.2, 0.25) is 0 Å². The summed E-state index contributed by atoms with van der Waals surface area (Å²) in [7, 11) is -3.60. The lowest BCUT2D eigenvalue weighted by molar-refractivity contribution is -0.129. The second kappa shape index (κ2) is 9.52. The number of esters is 1. The van der Waals surface area contributed by atoms with Crippen LogP contribution in [0.25, 0.3) is 0 Å². The van der Waals surface area contributed by atoms with Crippen molar-refractivity contribution in [1.82, 2.24) is 9.62 Å². The van der Waals surface area contributed by atoms with E-state index in [-0.39, 0.29) is 16.4 Å². The Morgan fingerprint density at radius 2 is 1.75 bits per heavy atom. The number of piperidine rings is 1. The van der Waals surface area contributed by atoms with E-state index >= 15 is 0 Å². The van der Waals surface area contributed by atoms with Gasteiger partial charge in [-0.1, -0.05) is 20.8 Å². The van der Waals surface area contributed by atoms with Gasteiger partial charge in [-0.15, -0.1) is 0 Å². The predicted molar refractivity (Wildman–Crippen MR) is 106 cm³/mol. The molecule has 8 heteroatoms. The zero-order valence-electron chi connectivity index (χ0n) is 17.0. The van der Waals surface area contributed by atoms with Gasteiger partial charge in [-0.3, -0.25) is 4.79 Å². The van der Waals surface area contributed by atoms with Gasteiger partial charge in [-0.05, 0) is 55.9 Å². The second-order valence-electron chi connectivity index (χ2n) is 7.63. The highest BCUT2D eigenvalue weighted by Crippen LogP contribution is 2.26. The number of nitrogens with zero attached hydrogens (tertiary/aromatic N) is 1. The number of hydrogen-bond donors (Lipinski definition) is 1. The first kappa shape index (κ1) is 22.4. The van der Waals surface area contributed by atoms with Crippen LogP contribution in [0.3, 0.4) is 0 Å². The molecule has 1 fully saturated rings. The van der Waals surface area contributed by atoms with Crippen molar-refractivity contribution in [2.24, 2.45) is 11.8 Å². The minimum Gasteiger partial charge on any atom is -0.449 e. The Morgan fingerprint density at radius 1 is 1.18 bits per heavy atom. The number of amides is 1. The molecule has 0 saturated carbocycles. The van der Waals surface area contributed by atoms with Crippen LogP contribution in [0.5, 0.6) is 0 Å². The monoisotopic (exact) mass is 410 g/mol. The summed E-state index contributed by atoms with van der Waals surface area (Å²) in [6, 6.07) is 5.67. The largest absolute Gasteiger partial charge is 0.449 e. The lowest BCUT2D eigenvalue weighted by Gasteiger charge is -2.34. The van der Waals surface area contributed by atoms with Crippen LogP contribution in [0, 0.1) is 11.8 Å². The first-order valence-corrected chi connectivity index (χ1v) is 11.2. The van der Waals surface area contributed by atoms with Crippen molar-refractivity contribution < 1.29 is 22.7 Å². The van der Waals surface area contributed by atoms with Crippen LogP contribution in [-0.4, -0.2) is 50.3 Å². The van der Waals surface area contributed by atoms with E-state index in [1.807, 2.05) is 6.92 Å². The predicted octanol–water partition coefficient (Wildman–Crippen LogP) is 2.42. The smallest absolute Gasteiger partial charge is 0.338 e. The molecule has 2 rings (SSSR count). The second-order valence-corrected chi connectivity index (χ2v) is 9.57. The molecule has 0 radical (unpaired) electrons. The maximum Gasteiger partial charge on any atom is 0.338 e. The molecule has 0 bridgehead atoms. The van der Waals surface area contributed by atoms with Gasteiger partial charge >= 0.3 is 5.97 Å². The summed E-state index contributed by atoms with van der Waals surface area (Å²) >= 11 is 0. The Hall–Kier alpha value is -1.93. The normalized spacial score (nSPS) is 21.7. The van der Waals surface area contributed by atoms with Crippen molar-refractivity contribution in [2.75, 3.05) is 19.6 Å². The van der Waals surface area contributed by atoms with Crippen LogP contribution < -0.4 is 5.32 Å². The van der Waals surface area contributed by atoms with Crippen LogP contribution >= 0.6 is 0 Å². The van der Waals surface area contributed by atoms with E-state index < -0.39 is 22.1 Å². The highest BCUT2D eigenvalue weighted by Gasteiger charge is 2.31. The standard InChI is InChI=1S/C20H30N2O5S/c1-5-10-21-19(23)16(4)27-20(24)17-6-8-18(9-7-17)28(25,26)22-12-14(2)11-15(3)13-22/h6-9,14-16H,5,10-13H2,1-4H3,(H,21,23). The van der Waals surface area contributed by atoms with Crippen LogP contribution in [-0.2, 0) is 19.6 Å². The Labute approximate surface area is 167 Å². The fraction of sp³-hybridized carbons (Fsp3) is 0.600. The number of sulfonamides is 1. The Kier molecular flexibility index (Phi) is 7.60. The third-order valence-electron chi connectivity index (χ3n) is 4.77. The average molecular weight is 411 g/mol.